The Morgan fingerprint density at radius 3 is 2.78 bits per heavy atom. The first-order valence-corrected chi connectivity index (χ1v) is 6.42. The standard InChI is InChI=1S/C16H18O2/c17-16(12-11-14-7-3-1-4-8-14)18-13-15-9-5-2-6-10-15/h2,5-7,9-12H,1,3-4,8,13H2/b12-11+. The van der Waals surface area contributed by atoms with Gasteiger partial charge in [0.1, 0.15) is 6.61 Å². The van der Waals surface area contributed by atoms with Gasteiger partial charge in [0, 0.05) is 6.08 Å². The van der Waals surface area contributed by atoms with Crippen LogP contribution in [-0.2, 0) is 16.1 Å². The van der Waals surface area contributed by atoms with Crippen LogP contribution < -0.4 is 0 Å². The lowest BCUT2D eigenvalue weighted by atomic mass is 9.99. The maximum atomic E-state index is 11.5. The van der Waals surface area contributed by atoms with Gasteiger partial charge in [0.25, 0.3) is 0 Å². The highest BCUT2D eigenvalue weighted by Crippen LogP contribution is 2.18. The van der Waals surface area contributed by atoms with Crippen LogP contribution in [0.3, 0.4) is 0 Å². The van der Waals surface area contributed by atoms with E-state index in [1.165, 1.54) is 24.5 Å². The SMILES string of the molecule is O=C(/C=C/C1=CCCCC1)OCc1ccccc1. The Morgan fingerprint density at radius 1 is 1.22 bits per heavy atom. The molecule has 1 aromatic carbocycles. The van der Waals surface area contributed by atoms with Gasteiger partial charge < -0.3 is 4.74 Å². The van der Waals surface area contributed by atoms with Crippen LogP contribution in [0.1, 0.15) is 31.2 Å². The van der Waals surface area contributed by atoms with Crippen LogP contribution in [0.15, 0.2) is 54.1 Å². The van der Waals surface area contributed by atoms with Crippen molar-refractivity contribution in [2.24, 2.45) is 0 Å². The molecule has 0 saturated carbocycles. The molecule has 94 valence electrons. The smallest absolute Gasteiger partial charge is 0.331 e. The zero-order valence-electron chi connectivity index (χ0n) is 10.5. The molecule has 2 heteroatoms. The molecule has 2 nitrogen and oxygen atoms in total. The van der Waals surface area contributed by atoms with Crippen molar-refractivity contribution in [3.8, 4) is 0 Å². The third kappa shape index (κ3) is 4.21. The molecule has 0 heterocycles. The molecule has 1 aliphatic rings. The Bertz CT molecular complexity index is 443. The number of allylic oxidation sites excluding steroid dienone is 3. The van der Waals surface area contributed by atoms with E-state index in [0.29, 0.717) is 6.61 Å². The first-order chi connectivity index (χ1) is 8.84. The lowest BCUT2D eigenvalue weighted by molar-refractivity contribution is -0.139. The zero-order chi connectivity index (χ0) is 12.6. The lowest BCUT2D eigenvalue weighted by Gasteiger charge is -2.08. The van der Waals surface area contributed by atoms with Gasteiger partial charge in [0.05, 0.1) is 0 Å². The van der Waals surface area contributed by atoms with E-state index in [1.807, 2.05) is 36.4 Å². The van der Waals surface area contributed by atoms with E-state index in [4.69, 9.17) is 4.74 Å². The highest BCUT2D eigenvalue weighted by atomic mass is 16.5. The summed E-state index contributed by atoms with van der Waals surface area (Å²) in [5.41, 5.74) is 2.26. The Labute approximate surface area is 108 Å². The monoisotopic (exact) mass is 242 g/mol. The number of hydrogen-bond acceptors (Lipinski definition) is 2. The quantitative estimate of drug-likeness (QED) is 0.593. The van der Waals surface area contributed by atoms with Crippen LogP contribution in [0.5, 0.6) is 0 Å². The summed E-state index contributed by atoms with van der Waals surface area (Å²) in [4.78, 5) is 11.5. The van der Waals surface area contributed by atoms with E-state index in [2.05, 4.69) is 6.08 Å². The molecule has 0 N–H and O–H groups in total. The summed E-state index contributed by atoms with van der Waals surface area (Å²) in [7, 11) is 0. The normalized spacial score (nSPS) is 15.4. The number of benzene rings is 1. The summed E-state index contributed by atoms with van der Waals surface area (Å²) in [5, 5.41) is 0. The fraction of sp³-hybridized carbons (Fsp3) is 0.312. The molecule has 18 heavy (non-hydrogen) atoms. The Hall–Kier alpha value is -1.83. The van der Waals surface area contributed by atoms with Crippen LogP contribution in [-0.4, -0.2) is 5.97 Å². The average Bonchev–Trinajstić information content (AvgIpc) is 2.45. The second-order valence-electron chi connectivity index (χ2n) is 4.45. The lowest BCUT2D eigenvalue weighted by Crippen LogP contribution is -2.01. The van der Waals surface area contributed by atoms with Crippen molar-refractivity contribution in [2.75, 3.05) is 0 Å². The van der Waals surface area contributed by atoms with Gasteiger partial charge in [-0.1, -0.05) is 48.1 Å². The number of carbonyl (C=O) groups is 1. The summed E-state index contributed by atoms with van der Waals surface area (Å²) < 4.78 is 5.17. The molecule has 0 radical (unpaired) electrons. The van der Waals surface area contributed by atoms with Crippen molar-refractivity contribution >= 4 is 5.97 Å². The molecule has 0 bridgehead atoms. The molecule has 0 fully saturated rings. The molecule has 0 amide bonds. The zero-order valence-corrected chi connectivity index (χ0v) is 10.5. The largest absolute Gasteiger partial charge is 0.458 e. The molecular weight excluding hydrogens is 224 g/mol. The highest BCUT2D eigenvalue weighted by molar-refractivity contribution is 5.82. The van der Waals surface area contributed by atoms with Crippen molar-refractivity contribution < 1.29 is 9.53 Å². The van der Waals surface area contributed by atoms with Crippen LogP contribution >= 0.6 is 0 Å². The minimum atomic E-state index is -0.273. The van der Waals surface area contributed by atoms with Gasteiger partial charge >= 0.3 is 5.97 Å². The number of carbonyl (C=O) groups excluding carboxylic acids is 1. The van der Waals surface area contributed by atoms with Gasteiger partial charge in [-0.05, 0) is 31.2 Å². The number of hydrogen-bond donors (Lipinski definition) is 0. The molecule has 1 aromatic rings. The maximum Gasteiger partial charge on any atom is 0.331 e. The fourth-order valence-corrected chi connectivity index (χ4v) is 1.97. The summed E-state index contributed by atoms with van der Waals surface area (Å²) in [6.07, 6.45) is 10.3. The van der Waals surface area contributed by atoms with Gasteiger partial charge in [0.2, 0.25) is 0 Å². The number of rotatable bonds is 4. The van der Waals surface area contributed by atoms with E-state index in [-0.39, 0.29) is 5.97 Å². The van der Waals surface area contributed by atoms with Gasteiger partial charge in [-0.3, -0.25) is 0 Å². The van der Waals surface area contributed by atoms with Crippen molar-refractivity contribution in [2.45, 2.75) is 32.3 Å². The average molecular weight is 242 g/mol. The molecule has 0 saturated heterocycles. The predicted molar refractivity (Wildman–Crippen MR) is 71.9 cm³/mol. The third-order valence-electron chi connectivity index (χ3n) is 2.98. The van der Waals surface area contributed by atoms with Gasteiger partial charge in [-0.2, -0.15) is 0 Å². The number of esters is 1. The van der Waals surface area contributed by atoms with E-state index in [0.717, 1.165) is 18.4 Å². The predicted octanol–water partition coefficient (Wildman–Crippen LogP) is 3.79. The molecule has 1 aliphatic carbocycles. The molecule has 0 aliphatic heterocycles. The molecule has 0 aromatic heterocycles. The van der Waals surface area contributed by atoms with Crippen molar-refractivity contribution in [1.82, 2.24) is 0 Å². The highest BCUT2D eigenvalue weighted by Gasteiger charge is 2.02. The van der Waals surface area contributed by atoms with Gasteiger partial charge in [0.15, 0.2) is 0 Å². The fourth-order valence-electron chi connectivity index (χ4n) is 1.97. The first-order valence-electron chi connectivity index (χ1n) is 6.42. The minimum Gasteiger partial charge on any atom is -0.458 e. The van der Waals surface area contributed by atoms with Crippen LogP contribution in [0, 0.1) is 0 Å². The second kappa shape index (κ2) is 6.80. The Morgan fingerprint density at radius 2 is 2.06 bits per heavy atom. The van der Waals surface area contributed by atoms with E-state index in [1.54, 1.807) is 0 Å². The molecule has 0 unspecified atom stereocenters. The Balaban J connectivity index is 1.78. The summed E-state index contributed by atoms with van der Waals surface area (Å²) in [6, 6.07) is 9.71. The topological polar surface area (TPSA) is 26.3 Å². The second-order valence-corrected chi connectivity index (χ2v) is 4.45. The van der Waals surface area contributed by atoms with E-state index < -0.39 is 0 Å². The van der Waals surface area contributed by atoms with Gasteiger partial charge in [-0.25, -0.2) is 4.79 Å². The molecule has 0 atom stereocenters. The van der Waals surface area contributed by atoms with Crippen LogP contribution in [0.25, 0.3) is 0 Å². The summed E-state index contributed by atoms with van der Waals surface area (Å²) >= 11 is 0. The number of ether oxygens (including phenoxy) is 1. The molecule has 0 spiro atoms. The summed E-state index contributed by atoms with van der Waals surface area (Å²) in [6.45, 7) is 0.336. The van der Waals surface area contributed by atoms with Gasteiger partial charge in [-0.15, -0.1) is 0 Å². The van der Waals surface area contributed by atoms with Crippen molar-refractivity contribution in [1.29, 1.82) is 0 Å². The van der Waals surface area contributed by atoms with Crippen molar-refractivity contribution in [3.63, 3.8) is 0 Å². The molecule has 2 rings (SSSR count). The third-order valence-corrected chi connectivity index (χ3v) is 2.98. The first kappa shape index (κ1) is 12.6. The minimum absolute atomic E-state index is 0.273. The van der Waals surface area contributed by atoms with E-state index >= 15 is 0 Å². The molecular formula is C16H18O2. The maximum absolute atomic E-state index is 11.5. The van der Waals surface area contributed by atoms with Crippen LogP contribution in [0.2, 0.25) is 0 Å². The Kier molecular flexibility index (Phi) is 4.77. The van der Waals surface area contributed by atoms with Crippen molar-refractivity contribution in [3.05, 3.63) is 59.7 Å². The van der Waals surface area contributed by atoms with E-state index in [9.17, 15) is 4.79 Å². The van der Waals surface area contributed by atoms with Crippen LogP contribution in [0.4, 0.5) is 0 Å². The summed E-state index contributed by atoms with van der Waals surface area (Å²) in [5.74, 6) is -0.273.